The fourth-order valence-electron chi connectivity index (χ4n) is 2.09. The molecule has 3 N–H and O–H groups in total. The highest BCUT2D eigenvalue weighted by molar-refractivity contribution is 9.10. The molecule has 6 heteroatoms. The average molecular weight is 395 g/mol. The first kappa shape index (κ1) is 18.5. The van der Waals surface area contributed by atoms with Crippen molar-refractivity contribution in [1.82, 2.24) is 4.98 Å². The van der Waals surface area contributed by atoms with Crippen LogP contribution in [0.15, 0.2) is 34.9 Å². The maximum Gasteiger partial charge on any atom is 0.126 e. The largest absolute Gasteiger partial charge is 0.378 e. The number of pyridine rings is 1. The van der Waals surface area contributed by atoms with Gasteiger partial charge in [0.05, 0.1) is 11.7 Å². The summed E-state index contributed by atoms with van der Waals surface area (Å²) < 4.78 is 27.2. The van der Waals surface area contributed by atoms with Crippen molar-refractivity contribution >= 4 is 15.9 Å². The Morgan fingerprint density at radius 1 is 1.25 bits per heavy atom. The van der Waals surface area contributed by atoms with E-state index in [2.05, 4.69) is 32.8 Å². The van der Waals surface area contributed by atoms with Gasteiger partial charge in [-0.15, -0.1) is 0 Å². The lowest BCUT2D eigenvalue weighted by atomic mass is 10.0. The van der Waals surface area contributed by atoms with Crippen LogP contribution in [0.25, 0.3) is 0 Å². The van der Waals surface area contributed by atoms with E-state index < -0.39 is 23.3 Å². The Hall–Kier alpha value is -1.81. The second-order valence-electron chi connectivity index (χ2n) is 5.99. The minimum absolute atomic E-state index is 0.245. The maximum atomic E-state index is 13.3. The highest BCUT2D eigenvalue weighted by Gasteiger charge is 2.14. The molecule has 1 aromatic heterocycles. The van der Waals surface area contributed by atoms with Gasteiger partial charge in [-0.2, -0.15) is 0 Å². The zero-order valence-corrected chi connectivity index (χ0v) is 14.9. The molecular weight excluding hydrogens is 378 g/mol. The summed E-state index contributed by atoms with van der Waals surface area (Å²) in [5.74, 6) is 4.25. The summed E-state index contributed by atoms with van der Waals surface area (Å²) in [6.07, 6.45) is 1.79. The quantitative estimate of drug-likeness (QED) is 0.783. The van der Waals surface area contributed by atoms with Gasteiger partial charge in [0.25, 0.3) is 0 Å². The number of nitrogens with two attached hydrogens (primary N) is 1. The molecule has 24 heavy (non-hydrogen) atoms. The van der Waals surface area contributed by atoms with Crippen LogP contribution in [0.4, 0.5) is 8.78 Å². The van der Waals surface area contributed by atoms with Gasteiger partial charge in [-0.3, -0.25) is 4.98 Å². The van der Waals surface area contributed by atoms with Gasteiger partial charge in [0.2, 0.25) is 0 Å². The summed E-state index contributed by atoms with van der Waals surface area (Å²) in [5.41, 5.74) is 6.66. The van der Waals surface area contributed by atoms with Gasteiger partial charge < -0.3 is 10.8 Å². The molecule has 0 amide bonds. The zero-order valence-electron chi connectivity index (χ0n) is 13.3. The molecule has 2 rings (SSSR count). The van der Waals surface area contributed by atoms with Crippen LogP contribution < -0.4 is 5.73 Å². The molecule has 2 aromatic rings. The first-order valence-corrected chi connectivity index (χ1v) is 8.05. The number of benzene rings is 1. The molecule has 0 spiro atoms. The van der Waals surface area contributed by atoms with E-state index in [1.807, 2.05) is 0 Å². The normalized spacial score (nSPS) is 12.5. The van der Waals surface area contributed by atoms with Gasteiger partial charge in [-0.25, -0.2) is 8.78 Å². The summed E-state index contributed by atoms with van der Waals surface area (Å²) in [4.78, 5) is 4.28. The Balaban J connectivity index is 2.20. The van der Waals surface area contributed by atoms with Crippen LogP contribution in [-0.4, -0.2) is 15.7 Å². The number of aliphatic hydroxyl groups is 1. The van der Waals surface area contributed by atoms with Gasteiger partial charge in [0, 0.05) is 22.3 Å². The number of hydrogen-bond acceptors (Lipinski definition) is 3. The van der Waals surface area contributed by atoms with Gasteiger partial charge in [0.1, 0.15) is 17.2 Å². The fraction of sp³-hybridized carbons (Fsp3) is 0.278. The molecule has 0 saturated heterocycles. The summed E-state index contributed by atoms with van der Waals surface area (Å²) >= 11 is 3.39. The Morgan fingerprint density at radius 2 is 1.88 bits per heavy atom. The van der Waals surface area contributed by atoms with Gasteiger partial charge in [0.15, 0.2) is 0 Å². The van der Waals surface area contributed by atoms with E-state index in [4.69, 9.17) is 5.73 Å². The minimum atomic E-state index is -1.09. The maximum absolute atomic E-state index is 13.3. The first-order chi connectivity index (χ1) is 11.1. The third kappa shape index (κ3) is 5.38. The molecule has 0 fully saturated rings. The lowest BCUT2D eigenvalue weighted by molar-refractivity contribution is 0.143. The fourth-order valence-corrected chi connectivity index (χ4v) is 2.74. The smallest absolute Gasteiger partial charge is 0.126 e. The topological polar surface area (TPSA) is 59.1 Å². The van der Waals surface area contributed by atoms with Gasteiger partial charge >= 0.3 is 0 Å². The van der Waals surface area contributed by atoms with Gasteiger partial charge in [-0.1, -0.05) is 11.8 Å². The van der Waals surface area contributed by atoms with Crippen molar-refractivity contribution < 1.29 is 13.9 Å². The molecule has 0 aliphatic carbocycles. The molecule has 1 aromatic carbocycles. The molecule has 126 valence electrons. The van der Waals surface area contributed by atoms with Crippen molar-refractivity contribution in [2.24, 2.45) is 5.73 Å². The molecule has 0 radical (unpaired) electrons. The Labute approximate surface area is 148 Å². The van der Waals surface area contributed by atoms with Crippen LogP contribution in [0.1, 0.15) is 36.7 Å². The Morgan fingerprint density at radius 3 is 2.42 bits per heavy atom. The van der Waals surface area contributed by atoms with Crippen molar-refractivity contribution in [3.05, 3.63) is 63.4 Å². The standard InChI is InChI=1S/C18H17BrF2N2O/c1-18(2,24)4-3-11-7-15(19)17(23-10-11)16(22)8-12-5-13(20)9-14(21)6-12/h5-7,9-10,16,24H,8,22H2,1-2H3/t16-/m0/s1. The van der Waals surface area contributed by atoms with Crippen LogP contribution in [0.5, 0.6) is 0 Å². The summed E-state index contributed by atoms with van der Waals surface area (Å²) in [6, 6.07) is 4.53. The second kappa shape index (κ2) is 7.39. The molecule has 0 aliphatic heterocycles. The van der Waals surface area contributed by atoms with E-state index in [9.17, 15) is 13.9 Å². The number of hydrogen-bond donors (Lipinski definition) is 2. The van der Waals surface area contributed by atoms with Crippen molar-refractivity contribution in [1.29, 1.82) is 0 Å². The third-order valence-corrected chi connectivity index (χ3v) is 3.75. The molecule has 0 aliphatic rings. The lowest BCUT2D eigenvalue weighted by Gasteiger charge is -2.13. The number of halogens is 3. The van der Waals surface area contributed by atoms with Crippen LogP contribution in [0.3, 0.4) is 0 Å². The van der Waals surface area contributed by atoms with Crippen LogP contribution >= 0.6 is 15.9 Å². The van der Waals surface area contributed by atoms with Crippen molar-refractivity contribution in [3.8, 4) is 11.8 Å². The van der Waals surface area contributed by atoms with Crippen LogP contribution in [-0.2, 0) is 6.42 Å². The predicted octanol–water partition coefficient (Wildman–Crippen LogP) is 3.49. The summed E-state index contributed by atoms with van der Waals surface area (Å²) in [7, 11) is 0. The molecule has 3 nitrogen and oxygen atoms in total. The minimum Gasteiger partial charge on any atom is -0.378 e. The SMILES string of the molecule is CC(C)(O)C#Cc1cnc([C@@H](N)Cc2cc(F)cc(F)c2)c(Br)c1. The van der Waals surface area contributed by atoms with Crippen LogP contribution in [0, 0.1) is 23.5 Å². The van der Waals surface area contributed by atoms with Gasteiger partial charge in [-0.05, 0) is 60.0 Å². The number of aromatic nitrogens is 1. The van der Waals surface area contributed by atoms with E-state index in [1.165, 1.54) is 12.1 Å². The lowest BCUT2D eigenvalue weighted by Crippen LogP contribution is -2.16. The Bertz CT molecular complexity index is 787. The van der Waals surface area contributed by atoms with Crippen molar-refractivity contribution in [3.63, 3.8) is 0 Å². The van der Waals surface area contributed by atoms with E-state index in [0.717, 1.165) is 6.07 Å². The van der Waals surface area contributed by atoms with E-state index in [-0.39, 0.29) is 6.42 Å². The molecule has 0 bridgehead atoms. The second-order valence-corrected chi connectivity index (χ2v) is 6.84. The first-order valence-electron chi connectivity index (χ1n) is 7.25. The monoisotopic (exact) mass is 394 g/mol. The van der Waals surface area contributed by atoms with Crippen molar-refractivity contribution in [2.45, 2.75) is 31.9 Å². The summed E-state index contributed by atoms with van der Waals surface area (Å²) in [5, 5.41) is 9.61. The number of nitrogens with zero attached hydrogens (tertiary/aromatic N) is 1. The molecule has 0 saturated carbocycles. The average Bonchev–Trinajstić information content (AvgIpc) is 2.43. The summed E-state index contributed by atoms with van der Waals surface area (Å²) in [6.45, 7) is 3.18. The number of rotatable bonds is 3. The zero-order chi connectivity index (χ0) is 17.9. The van der Waals surface area contributed by atoms with E-state index in [1.54, 1.807) is 26.1 Å². The Kier molecular flexibility index (Phi) is 5.70. The molecule has 1 heterocycles. The highest BCUT2D eigenvalue weighted by Crippen LogP contribution is 2.24. The van der Waals surface area contributed by atoms with E-state index >= 15 is 0 Å². The molecule has 0 unspecified atom stereocenters. The third-order valence-electron chi connectivity index (χ3n) is 3.11. The molecule has 1 atom stereocenters. The highest BCUT2D eigenvalue weighted by atomic mass is 79.9. The molecular formula is C18H17BrF2N2O. The predicted molar refractivity (Wildman–Crippen MR) is 92.1 cm³/mol. The van der Waals surface area contributed by atoms with Crippen molar-refractivity contribution in [2.75, 3.05) is 0 Å². The van der Waals surface area contributed by atoms with E-state index in [0.29, 0.717) is 21.3 Å². The van der Waals surface area contributed by atoms with Crippen LogP contribution in [0.2, 0.25) is 0 Å².